The predicted octanol–water partition coefficient (Wildman–Crippen LogP) is 7.43. The van der Waals surface area contributed by atoms with Crippen molar-refractivity contribution in [2.75, 3.05) is 0 Å². The Hall–Kier alpha value is -2.77. The molecule has 3 aromatic carbocycles. The largest absolute Gasteiger partial charge is 0.488 e. The van der Waals surface area contributed by atoms with Gasteiger partial charge in [-0.3, -0.25) is 4.79 Å². The molecule has 0 spiro atoms. The third-order valence-corrected chi connectivity index (χ3v) is 7.43. The molecule has 35 heavy (non-hydrogen) atoms. The number of nitrogens with zero attached hydrogens (tertiary/aromatic N) is 3. The molecule has 1 saturated carbocycles. The Labute approximate surface area is 221 Å². The van der Waals surface area contributed by atoms with Gasteiger partial charge in [-0.25, -0.2) is 4.98 Å². The van der Waals surface area contributed by atoms with Crippen molar-refractivity contribution in [3.63, 3.8) is 0 Å². The zero-order chi connectivity index (χ0) is 24.2. The maximum absolute atomic E-state index is 13.5. The first-order chi connectivity index (χ1) is 17.1. The quantitative estimate of drug-likeness (QED) is 0.218. The van der Waals surface area contributed by atoms with Crippen LogP contribution in [0.5, 0.6) is 5.75 Å². The molecule has 0 N–H and O–H groups in total. The molecule has 1 aliphatic carbocycles. The van der Waals surface area contributed by atoms with Crippen LogP contribution in [0, 0.1) is 0 Å². The molecule has 7 heteroatoms. The van der Waals surface area contributed by atoms with Gasteiger partial charge in [-0.2, -0.15) is 9.78 Å². The topological polar surface area (TPSA) is 56.5 Å². The van der Waals surface area contributed by atoms with Gasteiger partial charge in [-0.1, -0.05) is 65.5 Å². The summed E-state index contributed by atoms with van der Waals surface area (Å²) >= 11 is 7.08. The van der Waals surface area contributed by atoms with Crippen LogP contribution in [-0.4, -0.2) is 15.9 Å². The van der Waals surface area contributed by atoms with Gasteiger partial charge in [0.25, 0.3) is 5.56 Å². The lowest BCUT2D eigenvalue weighted by Gasteiger charge is -2.22. The Morgan fingerprint density at radius 3 is 2.57 bits per heavy atom. The SMILES string of the molecule is O=c1c2cc(Br)ccc2nc(C2CCCCC2)n1N=Cc1ccc(OCc2ccccc2)c(Br)c1. The molecule has 0 aliphatic heterocycles. The van der Waals surface area contributed by atoms with Gasteiger partial charge < -0.3 is 4.74 Å². The Bertz CT molecular complexity index is 1430. The van der Waals surface area contributed by atoms with E-state index in [-0.39, 0.29) is 11.5 Å². The summed E-state index contributed by atoms with van der Waals surface area (Å²) in [6.07, 6.45) is 7.31. The number of aromatic nitrogens is 2. The summed E-state index contributed by atoms with van der Waals surface area (Å²) in [5.41, 5.74) is 2.54. The van der Waals surface area contributed by atoms with Crippen LogP contribution in [0.1, 0.15) is 55.0 Å². The highest BCUT2D eigenvalue weighted by atomic mass is 79.9. The minimum atomic E-state index is -0.144. The number of hydrogen-bond donors (Lipinski definition) is 0. The summed E-state index contributed by atoms with van der Waals surface area (Å²) in [6.45, 7) is 0.491. The zero-order valence-electron chi connectivity index (χ0n) is 19.2. The summed E-state index contributed by atoms with van der Waals surface area (Å²) in [5, 5.41) is 5.19. The number of ether oxygens (including phenoxy) is 1. The van der Waals surface area contributed by atoms with Crippen LogP contribution < -0.4 is 10.3 Å². The van der Waals surface area contributed by atoms with Crippen molar-refractivity contribution in [1.29, 1.82) is 0 Å². The Balaban J connectivity index is 1.45. The summed E-state index contributed by atoms with van der Waals surface area (Å²) in [5.74, 6) is 1.74. The third kappa shape index (κ3) is 5.57. The van der Waals surface area contributed by atoms with Crippen molar-refractivity contribution < 1.29 is 4.74 Å². The second kappa shape index (κ2) is 10.9. The van der Waals surface area contributed by atoms with Gasteiger partial charge in [0.05, 0.1) is 21.6 Å². The van der Waals surface area contributed by atoms with E-state index in [2.05, 4.69) is 37.0 Å². The fourth-order valence-electron chi connectivity index (χ4n) is 4.48. The standard InChI is InChI=1S/C28H25Br2N3O2/c29-22-12-13-25-23(16-22)28(34)33(27(32-25)21-9-5-2-6-10-21)31-17-20-11-14-26(24(30)15-20)35-18-19-7-3-1-4-8-19/h1,3-4,7-8,11-17,21H,2,5-6,9-10,18H2. The van der Waals surface area contributed by atoms with Crippen LogP contribution in [0.2, 0.25) is 0 Å². The second-order valence-electron chi connectivity index (χ2n) is 8.79. The van der Waals surface area contributed by atoms with E-state index in [1.165, 1.54) is 11.1 Å². The van der Waals surface area contributed by atoms with Gasteiger partial charge in [0.15, 0.2) is 0 Å². The van der Waals surface area contributed by atoms with Crippen LogP contribution >= 0.6 is 31.9 Å². The number of rotatable bonds is 6. The van der Waals surface area contributed by atoms with E-state index in [0.29, 0.717) is 17.5 Å². The first-order valence-corrected chi connectivity index (χ1v) is 13.4. The molecule has 0 bridgehead atoms. The average molecular weight is 595 g/mol. The fourth-order valence-corrected chi connectivity index (χ4v) is 5.35. The molecule has 0 amide bonds. The number of benzene rings is 3. The number of hydrogen-bond acceptors (Lipinski definition) is 4. The molecule has 1 aliphatic rings. The van der Waals surface area contributed by atoms with Gasteiger partial charge in [-0.05, 0) is 76.3 Å². The molecule has 0 saturated heterocycles. The minimum absolute atomic E-state index is 0.144. The second-order valence-corrected chi connectivity index (χ2v) is 10.6. The van der Waals surface area contributed by atoms with E-state index < -0.39 is 0 Å². The first kappa shape index (κ1) is 23.9. The zero-order valence-corrected chi connectivity index (χ0v) is 22.3. The third-order valence-electron chi connectivity index (χ3n) is 6.32. The molecule has 0 radical (unpaired) electrons. The van der Waals surface area contributed by atoms with Gasteiger partial charge >= 0.3 is 0 Å². The highest BCUT2D eigenvalue weighted by molar-refractivity contribution is 9.10. The van der Waals surface area contributed by atoms with Crippen molar-refractivity contribution >= 4 is 49.0 Å². The summed E-state index contributed by atoms with van der Waals surface area (Å²) < 4.78 is 9.13. The molecular formula is C28H25Br2N3O2. The molecule has 0 atom stereocenters. The van der Waals surface area contributed by atoms with Gasteiger partial charge in [-0.15, -0.1) is 0 Å². The van der Waals surface area contributed by atoms with Crippen molar-refractivity contribution in [1.82, 2.24) is 9.66 Å². The van der Waals surface area contributed by atoms with Crippen molar-refractivity contribution in [3.8, 4) is 5.75 Å². The van der Waals surface area contributed by atoms with E-state index in [9.17, 15) is 4.79 Å². The molecule has 4 aromatic rings. The van der Waals surface area contributed by atoms with Gasteiger partial charge in [0.1, 0.15) is 18.2 Å². The molecule has 0 unspecified atom stereocenters. The smallest absolute Gasteiger partial charge is 0.282 e. The number of halogens is 2. The van der Waals surface area contributed by atoms with Crippen LogP contribution in [0.3, 0.4) is 0 Å². The Morgan fingerprint density at radius 1 is 1.00 bits per heavy atom. The predicted molar refractivity (Wildman–Crippen MR) is 147 cm³/mol. The molecule has 178 valence electrons. The number of fused-ring (bicyclic) bond motifs is 1. The molecule has 1 heterocycles. The molecule has 5 nitrogen and oxygen atoms in total. The van der Waals surface area contributed by atoms with Crippen LogP contribution in [0.25, 0.3) is 10.9 Å². The maximum atomic E-state index is 13.5. The van der Waals surface area contributed by atoms with Gasteiger partial charge in [0, 0.05) is 10.4 Å². The molecule has 5 rings (SSSR count). The summed E-state index contributed by atoms with van der Waals surface area (Å²) in [6, 6.07) is 21.5. The van der Waals surface area contributed by atoms with E-state index >= 15 is 0 Å². The summed E-state index contributed by atoms with van der Waals surface area (Å²) in [4.78, 5) is 18.4. The highest BCUT2D eigenvalue weighted by Crippen LogP contribution is 2.32. The lowest BCUT2D eigenvalue weighted by Crippen LogP contribution is -2.25. The van der Waals surface area contributed by atoms with Crippen LogP contribution in [-0.2, 0) is 6.61 Å². The van der Waals surface area contributed by atoms with Crippen LogP contribution in [0.15, 0.2) is 85.6 Å². The van der Waals surface area contributed by atoms with Gasteiger partial charge in [0.2, 0.25) is 0 Å². The van der Waals surface area contributed by atoms with E-state index in [0.717, 1.165) is 57.3 Å². The Morgan fingerprint density at radius 2 is 1.80 bits per heavy atom. The van der Waals surface area contributed by atoms with Crippen molar-refractivity contribution in [2.24, 2.45) is 5.10 Å². The normalized spacial score (nSPS) is 14.6. The minimum Gasteiger partial charge on any atom is -0.488 e. The average Bonchev–Trinajstić information content (AvgIpc) is 2.89. The van der Waals surface area contributed by atoms with Crippen molar-refractivity contribution in [3.05, 3.63) is 103 Å². The van der Waals surface area contributed by atoms with E-state index in [4.69, 9.17) is 9.72 Å². The first-order valence-electron chi connectivity index (χ1n) is 11.8. The highest BCUT2D eigenvalue weighted by Gasteiger charge is 2.22. The molecule has 1 aromatic heterocycles. The van der Waals surface area contributed by atoms with Crippen LogP contribution in [0.4, 0.5) is 0 Å². The maximum Gasteiger partial charge on any atom is 0.282 e. The van der Waals surface area contributed by atoms with Crippen molar-refractivity contribution in [2.45, 2.75) is 44.6 Å². The molecular weight excluding hydrogens is 570 g/mol. The van der Waals surface area contributed by atoms with E-state index in [1.807, 2.05) is 66.7 Å². The van der Waals surface area contributed by atoms with E-state index in [1.54, 1.807) is 6.21 Å². The monoisotopic (exact) mass is 593 g/mol. The fraction of sp³-hybridized carbons (Fsp3) is 0.250. The lowest BCUT2D eigenvalue weighted by molar-refractivity contribution is 0.304. The summed E-state index contributed by atoms with van der Waals surface area (Å²) in [7, 11) is 0. The lowest BCUT2D eigenvalue weighted by atomic mass is 9.88. The Kier molecular flexibility index (Phi) is 7.44. The molecule has 1 fully saturated rings.